The number of nitrogens with two attached hydrogens (primary N) is 1. The van der Waals surface area contributed by atoms with E-state index in [1.54, 1.807) is 4.68 Å². The number of fused-ring (bicyclic) bond motifs is 1. The van der Waals surface area contributed by atoms with E-state index in [4.69, 9.17) is 5.73 Å². The normalized spacial score (nSPS) is 10.8. The maximum atomic E-state index is 11.9. The minimum atomic E-state index is -0.750. The summed E-state index contributed by atoms with van der Waals surface area (Å²) in [6, 6.07) is 10.9. The number of para-hydroxylation sites is 1. The van der Waals surface area contributed by atoms with Crippen molar-refractivity contribution in [1.29, 1.82) is 0 Å². The lowest BCUT2D eigenvalue weighted by atomic mass is 10.2. The van der Waals surface area contributed by atoms with Crippen LogP contribution in [0, 0.1) is 6.92 Å². The van der Waals surface area contributed by atoms with E-state index in [0.717, 1.165) is 5.69 Å². The van der Waals surface area contributed by atoms with Crippen LogP contribution in [0.15, 0.2) is 41.2 Å². The highest BCUT2D eigenvalue weighted by molar-refractivity contribution is 5.96. The summed E-state index contributed by atoms with van der Waals surface area (Å²) in [5.41, 5.74) is 6.70. The number of hydrogen-bond donors (Lipinski definition) is 2. The van der Waals surface area contributed by atoms with Gasteiger partial charge in [-0.1, -0.05) is 18.2 Å². The van der Waals surface area contributed by atoms with E-state index in [1.165, 1.54) is 6.07 Å². The van der Waals surface area contributed by atoms with Gasteiger partial charge >= 0.3 is 0 Å². The molecule has 3 aromatic rings. The number of nitrogens with zero attached hydrogens (tertiary/aromatic N) is 2. The highest BCUT2D eigenvalue weighted by Crippen LogP contribution is 2.19. The van der Waals surface area contributed by atoms with Crippen LogP contribution in [0.4, 0.5) is 0 Å². The predicted molar refractivity (Wildman–Crippen MR) is 74.9 cm³/mol. The van der Waals surface area contributed by atoms with Gasteiger partial charge in [-0.25, -0.2) is 4.68 Å². The van der Waals surface area contributed by atoms with E-state index >= 15 is 0 Å². The molecule has 6 nitrogen and oxygen atoms in total. The van der Waals surface area contributed by atoms with Gasteiger partial charge in [-0.3, -0.25) is 9.59 Å². The summed E-state index contributed by atoms with van der Waals surface area (Å²) in [7, 11) is 0. The van der Waals surface area contributed by atoms with Gasteiger partial charge < -0.3 is 10.7 Å². The molecule has 0 aliphatic carbocycles. The second-order valence-corrected chi connectivity index (χ2v) is 4.47. The summed E-state index contributed by atoms with van der Waals surface area (Å²) in [5, 5.41) is 5.09. The van der Waals surface area contributed by atoms with Crippen molar-refractivity contribution >= 4 is 16.9 Å². The third kappa shape index (κ3) is 1.78. The number of aromatic amines is 1. The van der Waals surface area contributed by atoms with Crippen LogP contribution in [0.5, 0.6) is 0 Å². The number of aromatic nitrogens is 3. The first kappa shape index (κ1) is 12.2. The Morgan fingerprint density at radius 1 is 1.30 bits per heavy atom. The topological polar surface area (TPSA) is 93.8 Å². The lowest BCUT2D eigenvalue weighted by Gasteiger charge is -2.02. The monoisotopic (exact) mass is 268 g/mol. The maximum absolute atomic E-state index is 11.9. The zero-order chi connectivity index (χ0) is 14.3. The summed E-state index contributed by atoms with van der Waals surface area (Å²) in [6.45, 7) is 1.81. The van der Waals surface area contributed by atoms with Crippen molar-refractivity contribution in [3.8, 4) is 5.69 Å². The molecule has 0 saturated carbocycles. The highest BCUT2D eigenvalue weighted by Gasteiger charge is 2.14. The molecule has 20 heavy (non-hydrogen) atoms. The van der Waals surface area contributed by atoms with Crippen LogP contribution in [-0.2, 0) is 0 Å². The number of H-pyrrole nitrogens is 1. The van der Waals surface area contributed by atoms with Gasteiger partial charge in [-0.2, -0.15) is 5.10 Å². The lowest BCUT2D eigenvalue weighted by molar-refractivity contribution is 0.0999. The molecule has 0 radical (unpaired) electrons. The largest absolute Gasteiger partial charge is 0.365 e. The number of benzene rings is 1. The number of carbonyl (C=O) groups excluding carboxylic acids is 1. The number of amides is 1. The molecule has 0 saturated heterocycles. The third-order valence-electron chi connectivity index (χ3n) is 3.14. The van der Waals surface area contributed by atoms with Crippen molar-refractivity contribution in [3.05, 3.63) is 58.0 Å². The molecular weight excluding hydrogens is 256 g/mol. The van der Waals surface area contributed by atoms with Crippen LogP contribution in [0.25, 0.3) is 16.7 Å². The van der Waals surface area contributed by atoms with E-state index in [-0.39, 0.29) is 5.56 Å². The highest BCUT2D eigenvalue weighted by atomic mass is 16.2. The molecule has 0 fully saturated rings. The van der Waals surface area contributed by atoms with Gasteiger partial charge in [0.2, 0.25) is 0 Å². The fraction of sp³-hybridized carbons (Fsp3) is 0.0714. The lowest BCUT2D eigenvalue weighted by Crippen LogP contribution is -2.23. The molecule has 100 valence electrons. The first-order chi connectivity index (χ1) is 9.58. The smallest absolute Gasteiger partial charge is 0.262 e. The van der Waals surface area contributed by atoms with Crippen LogP contribution < -0.4 is 11.3 Å². The van der Waals surface area contributed by atoms with Gasteiger partial charge in [0.25, 0.3) is 11.5 Å². The Hall–Kier alpha value is -2.89. The van der Waals surface area contributed by atoms with E-state index in [0.29, 0.717) is 16.7 Å². The average Bonchev–Trinajstić information content (AvgIpc) is 2.75. The van der Waals surface area contributed by atoms with Crippen LogP contribution in [0.2, 0.25) is 0 Å². The van der Waals surface area contributed by atoms with Gasteiger partial charge in [0.05, 0.1) is 11.4 Å². The summed E-state index contributed by atoms with van der Waals surface area (Å²) in [5.74, 6) is -0.750. The fourth-order valence-corrected chi connectivity index (χ4v) is 2.16. The van der Waals surface area contributed by atoms with Crippen LogP contribution in [-0.4, -0.2) is 20.7 Å². The number of pyridine rings is 1. The molecular formula is C14H12N4O2. The van der Waals surface area contributed by atoms with Gasteiger partial charge in [0, 0.05) is 5.39 Å². The van der Waals surface area contributed by atoms with Gasteiger partial charge in [0.1, 0.15) is 11.2 Å². The number of primary amides is 1. The quantitative estimate of drug-likeness (QED) is 0.729. The van der Waals surface area contributed by atoms with Crippen molar-refractivity contribution in [3.63, 3.8) is 0 Å². The molecule has 3 rings (SSSR count). The molecule has 3 N–H and O–H groups in total. The minimum absolute atomic E-state index is 0.0618. The number of carbonyl (C=O) groups is 1. The Morgan fingerprint density at radius 3 is 2.65 bits per heavy atom. The molecule has 0 atom stereocenters. The third-order valence-corrected chi connectivity index (χ3v) is 3.14. The van der Waals surface area contributed by atoms with Gasteiger partial charge in [-0.05, 0) is 25.1 Å². The fourth-order valence-electron chi connectivity index (χ4n) is 2.16. The standard InChI is InChI=1S/C14H12N4O2/c1-8-10-7-11(12(15)19)14(20)16-13(10)18(17-8)9-5-3-2-4-6-9/h2-7H,1H3,(H2,15,19)(H,16,20). The average molecular weight is 268 g/mol. The summed E-state index contributed by atoms with van der Waals surface area (Å²) < 4.78 is 1.64. The van der Waals surface area contributed by atoms with E-state index in [9.17, 15) is 9.59 Å². The van der Waals surface area contributed by atoms with Crippen molar-refractivity contribution in [1.82, 2.24) is 14.8 Å². The van der Waals surface area contributed by atoms with E-state index < -0.39 is 11.5 Å². The number of nitrogens with one attached hydrogen (secondary N) is 1. The van der Waals surface area contributed by atoms with Crippen molar-refractivity contribution in [2.45, 2.75) is 6.92 Å². The Balaban J connectivity index is 2.35. The summed E-state index contributed by atoms with van der Waals surface area (Å²) in [6.07, 6.45) is 0. The van der Waals surface area contributed by atoms with Gasteiger partial charge in [-0.15, -0.1) is 0 Å². The van der Waals surface area contributed by atoms with Gasteiger partial charge in [0.15, 0.2) is 0 Å². The summed E-state index contributed by atoms with van der Waals surface area (Å²) in [4.78, 5) is 25.8. The molecule has 0 aliphatic rings. The molecule has 1 aromatic carbocycles. The second-order valence-electron chi connectivity index (χ2n) is 4.47. The Morgan fingerprint density at radius 2 is 2.00 bits per heavy atom. The Bertz CT molecular complexity index is 862. The molecule has 0 spiro atoms. The molecule has 2 aromatic heterocycles. The zero-order valence-electron chi connectivity index (χ0n) is 10.8. The first-order valence-electron chi connectivity index (χ1n) is 6.06. The molecule has 0 unspecified atom stereocenters. The Kier molecular flexibility index (Phi) is 2.64. The second kappa shape index (κ2) is 4.34. The zero-order valence-corrected chi connectivity index (χ0v) is 10.8. The van der Waals surface area contributed by atoms with Crippen molar-refractivity contribution < 1.29 is 4.79 Å². The first-order valence-corrected chi connectivity index (χ1v) is 6.06. The Labute approximate surface area is 113 Å². The van der Waals surface area contributed by atoms with Crippen molar-refractivity contribution in [2.24, 2.45) is 5.73 Å². The number of hydrogen-bond acceptors (Lipinski definition) is 3. The molecule has 0 bridgehead atoms. The predicted octanol–water partition coefficient (Wildman–Crippen LogP) is 1.12. The molecule has 6 heteroatoms. The molecule has 2 heterocycles. The van der Waals surface area contributed by atoms with E-state index in [1.807, 2.05) is 37.3 Å². The molecule has 0 aliphatic heterocycles. The molecule has 1 amide bonds. The number of aryl methyl sites for hydroxylation is 1. The van der Waals surface area contributed by atoms with E-state index in [2.05, 4.69) is 10.1 Å². The van der Waals surface area contributed by atoms with Crippen LogP contribution in [0.1, 0.15) is 16.1 Å². The van der Waals surface area contributed by atoms with Crippen LogP contribution in [0.3, 0.4) is 0 Å². The summed E-state index contributed by atoms with van der Waals surface area (Å²) >= 11 is 0. The SMILES string of the molecule is Cc1nn(-c2ccccc2)c2[nH]c(=O)c(C(N)=O)cc12. The maximum Gasteiger partial charge on any atom is 0.262 e. The van der Waals surface area contributed by atoms with Crippen LogP contribution >= 0.6 is 0 Å². The van der Waals surface area contributed by atoms with Crippen molar-refractivity contribution in [2.75, 3.05) is 0 Å². The minimum Gasteiger partial charge on any atom is -0.365 e. The number of rotatable bonds is 2.